The van der Waals surface area contributed by atoms with Crippen LogP contribution in [0.25, 0.3) is 0 Å². The van der Waals surface area contributed by atoms with Gasteiger partial charge in [-0.2, -0.15) is 0 Å². The highest BCUT2D eigenvalue weighted by Crippen LogP contribution is 2.59. The zero-order valence-electron chi connectivity index (χ0n) is 11.7. The standard InChI is InChI=1S/C15H24O3/c1-9(2)15-7-11-10(5-6-13(11,3)17)14(4,18-15)12(16)8-15/h7,9-10,12,16-17H,5-6,8H2,1-4H3/t10-,12-,13+,14+,15-/m1/s1. The van der Waals surface area contributed by atoms with E-state index in [0.717, 1.165) is 18.4 Å². The number of hydrogen-bond acceptors (Lipinski definition) is 3. The van der Waals surface area contributed by atoms with Crippen molar-refractivity contribution in [1.82, 2.24) is 0 Å². The van der Waals surface area contributed by atoms with E-state index in [9.17, 15) is 10.2 Å². The molecule has 0 unspecified atom stereocenters. The van der Waals surface area contributed by atoms with Crippen molar-refractivity contribution < 1.29 is 14.9 Å². The van der Waals surface area contributed by atoms with E-state index >= 15 is 0 Å². The van der Waals surface area contributed by atoms with Gasteiger partial charge in [0.2, 0.25) is 0 Å². The van der Waals surface area contributed by atoms with Crippen LogP contribution in [0.4, 0.5) is 0 Å². The smallest absolute Gasteiger partial charge is 0.0991 e. The molecule has 5 atom stereocenters. The summed E-state index contributed by atoms with van der Waals surface area (Å²) in [5.74, 6) is 0.468. The molecular weight excluding hydrogens is 228 g/mol. The van der Waals surface area contributed by atoms with Crippen molar-refractivity contribution in [3.63, 3.8) is 0 Å². The fourth-order valence-electron chi connectivity index (χ4n) is 4.15. The zero-order valence-corrected chi connectivity index (χ0v) is 11.7. The van der Waals surface area contributed by atoms with Crippen LogP contribution in [0.5, 0.6) is 0 Å². The molecule has 3 nitrogen and oxygen atoms in total. The second-order valence-electron chi connectivity index (χ2n) is 7.08. The number of aliphatic hydroxyl groups excluding tert-OH is 1. The molecule has 2 bridgehead atoms. The van der Waals surface area contributed by atoms with Crippen LogP contribution < -0.4 is 0 Å². The van der Waals surface area contributed by atoms with Gasteiger partial charge in [-0.3, -0.25) is 0 Å². The largest absolute Gasteiger partial charge is 0.390 e. The summed E-state index contributed by atoms with van der Waals surface area (Å²) in [4.78, 5) is 0. The topological polar surface area (TPSA) is 49.7 Å². The highest BCUT2D eigenvalue weighted by atomic mass is 16.5. The van der Waals surface area contributed by atoms with Crippen molar-refractivity contribution in [2.45, 2.75) is 69.9 Å². The van der Waals surface area contributed by atoms with Crippen molar-refractivity contribution in [2.75, 3.05) is 0 Å². The first-order valence-electron chi connectivity index (χ1n) is 7.05. The number of ether oxygens (including phenoxy) is 1. The number of hydrogen-bond donors (Lipinski definition) is 2. The summed E-state index contributed by atoms with van der Waals surface area (Å²) in [6, 6.07) is 0. The third-order valence-corrected chi connectivity index (χ3v) is 5.57. The molecule has 18 heavy (non-hydrogen) atoms. The molecule has 2 aliphatic heterocycles. The highest BCUT2D eigenvalue weighted by Gasteiger charge is 2.63. The van der Waals surface area contributed by atoms with Crippen LogP contribution in [0.1, 0.15) is 47.0 Å². The first-order chi connectivity index (χ1) is 8.21. The van der Waals surface area contributed by atoms with Gasteiger partial charge >= 0.3 is 0 Å². The van der Waals surface area contributed by atoms with Crippen LogP contribution in [0, 0.1) is 11.8 Å². The molecule has 1 aliphatic carbocycles. The molecule has 1 saturated carbocycles. The molecule has 0 aromatic heterocycles. The highest BCUT2D eigenvalue weighted by molar-refractivity contribution is 5.37. The Bertz CT molecular complexity index is 412. The third kappa shape index (κ3) is 1.36. The van der Waals surface area contributed by atoms with Crippen LogP contribution in [0.2, 0.25) is 0 Å². The molecule has 3 heteroatoms. The maximum Gasteiger partial charge on any atom is 0.0991 e. The minimum absolute atomic E-state index is 0.164. The van der Waals surface area contributed by atoms with Gasteiger partial charge in [0.1, 0.15) is 0 Å². The second kappa shape index (κ2) is 3.38. The summed E-state index contributed by atoms with van der Waals surface area (Å²) >= 11 is 0. The van der Waals surface area contributed by atoms with E-state index in [2.05, 4.69) is 19.9 Å². The lowest BCUT2D eigenvalue weighted by atomic mass is 9.78. The van der Waals surface area contributed by atoms with Gasteiger partial charge in [0.25, 0.3) is 0 Å². The molecule has 3 rings (SSSR count). The van der Waals surface area contributed by atoms with E-state index in [-0.39, 0.29) is 5.92 Å². The summed E-state index contributed by atoms with van der Waals surface area (Å²) in [5.41, 5.74) is -0.537. The van der Waals surface area contributed by atoms with Gasteiger partial charge in [-0.05, 0) is 38.2 Å². The fourth-order valence-corrected chi connectivity index (χ4v) is 4.15. The Balaban J connectivity index is 2.14. The average molecular weight is 252 g/mol. The first kappa shape index (κ1) is 12.6. The van der Waals surface area contributed by atoms with Gasteiger partial charge in [-0.25, -0.2) is 0 Å². The molecule has 102 valence electrons. The van der Waals surface area contributed by atoms with E-state index in [1.54, 1.807) is 0 Å². The van der Waals surface area contributed by atoms with Gasteiger partial charge in [0.15, 0.2) is 0 Å². The molecule has 0 radical (unpaired) electrons. The lowest BCUT2D eigenvalue weighted by molar-refractivity contribution is -0.145. The molecule has 0 aromatic carbocycles. The van der Waals surface area contributed by atoms with Gasteiger partial charge in [0, 0.05) is 12.3 Å². The lowest BCUT2D eigenvalue weighted by Gasteiger charge is -2.44. The Morgan fingerprint density at radius 1 is 1.39 bits per heavy atom. The lowest BCUT2D eigenvalue weighted by Crippen LogP contribution is -2.49. The Hall–Kier alpha value is -0.380. The van der Waals surface area contributed by atoms with Gasteiger partial charge in [-0.1, -0.05) is 19.9 Å². The van der Waals surface area contributed by atoms with E-state index < -0.39 is 22.9 Å². The SMILES string of the molecule is CC(C)[C@]12C=C3[C@@H](CC[C@]3(C)O)[C@](C)(O1)[C@H](O)C2. The second-order valence-corrected chi connectivity index (χ2v) is 7.08. The molecule has 0 amide bonds. The molecule has 3 aliphatic rings. The van der Waals surface area contributed by atoms with Crippen LogP contribution >= 0.6 is 0 Å². The molecular formula is C15H24O3. The molecule has 0 spiro atoms. The van der Waals surface area contributed by atoms with Gasteiger partial charge < -0.3 is 14.9 Å². The summed E-state index contributed by atoms with van der Waals surface area (Å²) in [5, 5.41) is 21.0. The van der Waals surface area contributed by atoms with Gasteiger partial charge in [-0.15, -0.1) is 0 Å². The summed E-state index contributed by atoms with van der Waals surface area (Å²) in [6.07, 6.45) is 4.02. The van der Waals surface area contributed by atoms with Crippen molar-refractivity contribution in [3.8, 4) is 0 Å². The molecule has 1 saturated heterocycles. The van der Waals surface area contributed by atoms with Crippen molar-refractivity contribution in [3.05, 3.63) is 11.6 Å². The third-order valence-electron chi connectivity index (χ3n) is 5.57. The van der Waals surface area contributed by atoms with Gasteiger partial charge in [0.05, 0.1) is 22.9 Å². The van der Waals surface area contributed by atoms with Crippen molar-refractivity contribution in [1.29, 1.82) is 0 Å². The normalized spacial score (nSPS) is 54.7. The number of fused-ring (bicyclic) bond motifs is 4. The van der Waals surface area contributed by atoms with Crippen LogP contribution in [0.15, 0.2) is 11.6 Å². The van der Waals surface area contributed by atoms with Crippen molar-refractivity contribution in [2.24, 2.45) is 11.8 Å². The quantitative estimate of drug-likeness (QED) is 0.702. The summed E-state index contributed by atoms with van der Waals surface area (Å²) < 4.78 is 6.32. The molecule has 2 N–H and O–H groups in total. The maximum atomic E-state index is 10.5. The summed E-state index contributed by atoms with van der Waals surface area (Å²) in [6.45, 7) is 8.16. The fraction of sp³-hybridized carbons (Fsp3) is 0.867. The molecule has 2 fully saturated rings. The predicted molar refractivity (Wildman–Crippen MR) is 69.1 cm³/mol. The Morgan fingerprint density at radius 3 is 2.67 bits per heavy atom. The van der Waals surface area contributed by atoms with Crippen LogP contribution in [-0.4, -0.2) is 33.1 Å². The average Bonchev–Trinajstić information content (AvgIpc) is 2.65. The number of rotatable bonds is 1. The van der Waals surface area contributed by atoms with E-state index in [4.69, 9.17) is 4.74 Å². The van der Waals surface area contributed by atoms with E-state index in [0.29, 0.717) is 12.3 Å². The molecule has 0 aromatic rings. The Labute approximate surface area is 109 Å². The minimum Gasteiger partial charge on any atom is -0.390 e. The first-order valence-corrected chi connectivity index (χ1v) is 7.05. The van der Waals surface area contributed by atoms with E-state index in [1.807, 2.05) is 13.8 Å². The Kier molecular flexibility index (Phi) is 2.38. The summed E-state index contributed by atoms with van der Waals surface area (Å²) in [7, 11) is 0. The maximum absolute atomic E-state index is 10.5. The number of aliphatic hydroxyl groups is 2. The van der Waals surface area contributed by atoms with E-state index in [1.165, 1.54) is 0 Å². The van der Waals surface area contributed by atoms with Crippen LogP contribution in [0.3, 0.4) is 0 Å². The minimum atomic E-state index is -0.722. The molecule has 2 heterocycles. The Morgan fingerprint density at radius 2 is 2.06 bits per heavy atom. The monoisotopic (exact) mass is 252 g/mol. The predicted octanol–water partition coefficient (Wildman–Crippen LogP) is 2.02. The van der Waals surface area contributed by atoms with Crippen molar-refractivity contribution >= 4 is 0 Å². The zero-order chi connectivity index (χ0) is 13.3. The van der Waals surface area contributed by atoms with Crippen LogP contribution in [-0.2, 0) is 4.74 Å².